The van der Waals surface area contributed by atoms with Crippen molar-refractivity contribution in [2.24, 2.45) is 0 Å². The molecular formula is C12H15BrFNO2S. The van der Waals surface area contributed by atoms with Gasteiger partial charge in [0, 0.05) is 0 Å². The van der Waals surface area contributed by atoms with Gasteiger partial charge in [0.1, 0.15) is 5.82 Å². The van der Waals surface area contributed by atoms with Crippen molar-refractivity contribution in [1.29, 1.82) is 0 Å². The Bertz CT molecular complexity index is 527. The highest BCUT2D eigenvalue weighted by molar-refractivity contribution is 9.10. The second kappa shape index (κ2) is 5.57. The van der Waals surface area contributed by atoms with Crippen LogP contribution in [-0.4, -0.2) is 13.7 Å². The van der Waals surface area contributed by atoms with E-state index in [0.29, 0.717) is 17.3 Å². The first-order chi connectivity index (χ1) is 8.49. The van der Waals surface area contributed by atoms with Crippen LogP contribution in [0.2, 0.25) is 0 Å². The monoisotopic (exact) mass is 335 g/mol. The minimum absolute atomic E-state index is 0.279. The highest BCUT2D eigenvalue weighted by Crippen LogP contribution is 2.26. The van der Waals surface area contributed by atoms with Gasteiger partial charge in [-0.05, 0) is 47.0 Å². The Morgan fingerprint density at radius 3 is 2.50 bits per heavy atom. The summed E-state index contributed by atoms with van der Waals surface area (Å²) in [5.41, 5.74) is 0.279. The van der Waals surface area contributed by atoms with Crippen LogP contribution in [0.4, 0.5) is 10.1 Å². The third-order valence-electron chi connectivity index (χ3n) is 3.17. The average molecular weight is 336 g/mol. The topological polar surface area (TPSA) is 46.2 Å². The number of hydrogen-bond acceptors (Lipinski definition) is 2. The molecule has 1 aliphatic rings. The fourth-order valence-electron chi connectivity index (χ4n) is 2.18. The van der Waals surface area contributed by atoms with Crippen molar-refractivity contribution in [3.05, 3.63) is 28.5 Å². The first-order valence-electron chi connectivity index (χ1n) is 5.96. The number of halogens is 2. The molecule has 0 aromatic heterocycles. The molecule has 1 saturated carbocycles. The van der Waals surface area contributed by atoms with Crippen LogP contribution in [0.1, 0.15) is 32.1 Å². The van der Waals surface area contributed by atoms with Gasteiger partial charge in [0.2, 0.25) is 10.0 Å². The number of sulfonamides is 1. The SMILES string of the molecule is O=S(=O)(Nc1ccc(Br)c(F)c1)C1CCCCC1. The van der Waals surface area contributed by atoms with Gasteiger partial charge in [0.25, 0.3) is 0 Å². The van der Waals surface area contributed by atoms with Crippen molar-refractivity contribution in [3.8, 4) is 0 Å². The van der Waals surface area contributed by atoms with Gasteiger partial charge in [-0.25, -0.2) is 12.8 Å². The third kappa shape index (κ3) is 3.23. The van der Waals surface area contributed by atoms with Crippen molar-refractivity contribution in [2.45, 2.75) is 37.4 Å². The average Bonchev–Trinajstić information content (AvgIpc) is 2.35. The molecule has 0 heterocycles. The molecule has 1 aromatic carbocycles. The van der Waals surface area contributed by atoms with Crippen LogP contribution in [-0.2, 0) is 10.0 Å². The van der Waals surface area contributed by atoms with Crippen molar-refractivity contribution < 1.29 is 12.8 Å². The highest BCUT2D eigenvalue weighted by atomic mass is 79.9. The summed E-state index contributed by atoms with van der Waals surface area (Å²) in [6.45, 7) is 0. The van der Waals surface area contributed by atoms with Crippen molar-refractivity contribution in [3.63, 3.8) is 0 Å². The summed E-state index contributed by atoms with van der Waals surface area (Å²) in [5.74, 6) is -0.473. The van der Waals surface area contributed by atoms with Crippen molar-refractivity contribution in [1.82, 2.24) is 0 Å². The van der Waals surface area contributed by atoms with Gasteiger partial charge >= 0.3 is 0 Å². The fourth-order valence-corrected chi connectivity index (χ4v) is 4.01. The van der Waals surface area contributed by atoms with E-state index in [2.05, 4.69) is 20.7 Å². The molecule has 1 aromatic rings. The van der Waals surface area contributed by atoms with Crippen molar-refractivity contribution in [2.75, 3.05) is 4.72 Å². The van der Waals surface area contributed by atoms with Gasteiger partial charge in [-0.2, -0.15) is 0 Å². The molecule has 0 spiro atoms. The number of anilines is 1. The lowest BCUT2D eigenvalue weighted by Gasteiger charge is -2.22. The minimum atomic E-state index is -3.40. The Morgan fingerprint density at radius 2 is 1.89 bits per heavy atom. The molecule has 6 heteroatoms. The first-order valence-corrected chi connectivity index (χ1v) is 8.29. The summed E-state index contributed by atoms with van der Waals surface area (Å²) in [6.07, 6.45) is 4.36. The summed E-state index contributed by atoms with van der Waals surface area (Å²) < 4.78 is 40.3. The smallest absolute Gasteiger partial charge is 0.235 e. The lowest BCUT2D eigenvalue weighted by atomic mass is 10.0. The maximum atomic E-state index is 13.3. The summed E-state index contributed by atoms with van der Waals surface area (Å²) in [7, 11) is -3.40. The van der Waals surface area contributed by atoms with Crippen LogP contribution in [0.5, 0.6) is 0 Å². The van der Waals surface area contributed by atoms with E-state index in [4.69, 9.17) is 0 Å². The molecule has 100 valence electrons. The predicted molar refractivity (Wildman–Crippen MR) is 73.5 cm³/mol. The molecule has 2 rings (SSSR count). The number of nitrogens with one attached hydrogen (secondary N) is 1. The van der Waals surface area contributed by atoms with E-state index in [9.17, 15) is 12.8 Å². The molecule has 1 N–H and O–H groups in total. The zero-order valence-electron chi connectivity index (χ0n) is 9.83. The Morgan fingerprint density at radius 1 is 1.22 bits per heavy atom. The molecule has 1 fully saturated rings. The fraction of sp³-hybridized carbons (Fsp3) is 0.500. The molecule has 3 nitrogen and oxygen atoms in total. The standard InChI is InChI=1S/C12H15BrFNO2S/c13-11-7-6-9(8-12(11)14)15-18(16,17)10-4-2-1-3-5-10/h6-8,10,15H,1-5H2. The Labute approximate surface area is 115 Å². The van der Waals surface area contributed by atoms with Gasteiger partial charge in [-0.3, -0.25) is 4.72 Å². The van der Waals surface area contributed by atoms with Gasteiger partial charge in [-0.1, -0.05) is 19.3 Å². The normalized spacial score (nSPS) is 17.7. The molecule has 0 amide bonds. The lowest BCUT2D eigenvalue weighted by Crippen LogP contribution is -2.29. The molecule has 1 aliphatic carbocycles. The maximum Gasteiger partial charge on any atom is 0.235 e. The van der Waals surface area contributed by atoms with E-state index in [-0.39, 0.29) is 10.9 Å². The van der Waals surface area contributed by atoms with E-state index in [0.717, 1.165) is 19.3 Å². The van der Waals surface area contributed by atoms with Gasteiger partial charge < -0.3 is 0 Å². The third-order valence-corrected chi connectivity index (χ3v) is 5.68. The molecule has 18 heavy (non-hydrogen) atoms. The summed E-state index contributed by atoms with van der Waals surface area (Å²) in [6, 6.07) is 4.23. The van der Waals surface area contributed by atoms with Crippen LogP contribution < -0.4 is 4.72 Å². The van der Waals surface area contributed by atoms with Crippen LogP contribution in [0.15, 0.2) is 22.7 Å². The maximum absolute atomic E-state index is 13.3. The summed E-state index contributed by atoms with van der Waals surface area (Å²) in [4.78, 5) is 0. The predicted octanol–water partition coefficient (Wildman–Crippen LogP) is 3.66. The molecule has 0 radical (unpaired) electrons. The Kier molecular flexibility index (Phi) is 4.27. The second-order valence-electron chi connectivity index (χ2n) is 4.54. The van der Waals surface area contributed by atoms with E-state index in [1.54, 1.807) is 6.07 Å². The second-order valence-corrected chi connectivity index (χ2v) is 7.35. The van der Waals surface area contributed by atoms with E-state index < -0.39 is 15.8 Å². The van der Waals surface area contributed by atoms with Crippen LogP contribution >= 0.6 is 15.9 Å². The Hall–Kier alpha value is -0.620. The molecule has 0 bridgehead atoms. The van der Waals surface area contributed by atoms with E-state index >= 15 is 0 Å². The Balaban J connectivity index is 2.13. The number of benzene rings is 1. The van der Waals surface area contributed by atoms with Crippen LogP contribution in [0, 0.1) is 5.82 Å². The van der Waals surface area contributed by atoms with Crippen LogP contribution in [0.25, 0.3) is 0 Å². The highest BCUT2D eigenvalue weighted by Gasteiger charge is 2.27. The van der Waals surface area contributed by atoms with Crippen LogP contribution in [0.3, 0.4) is 0 Å². The summed E-state index contributed by atoms with van der Waals surface area (Å²) >= 11 is 3.03. The molecule has 0 saturated heterocycles. The molecule has 0 aliphatic heterocycles. The zero-order chi connectivity index (χ0) is 13.2. The molecular weight excluding hydrogens is 321 g/mol. The molecule has 0 atom stereocenters. The van der Waals surface area contributed by atoms with E-state index in [1.807, 2.05) is 0 Å². The van der Waals surface area contributed by atoms with E-state index in [1.165, 1.54) is 12.1 Å². The minimum Gasteiger partial charge on any atom is -0.283 e. The molecule has 0 unspecified atom stereocenters. The number of hydrogen-bond donors (Lipinski definition) is 1. The van der Waals surface area contributed by atoms with Gasteiger partial charge in [0.05, 0.1) is 15.4 Å². The first kappa shape index (κ1) is 13.8. The van der Waals surface area contributed by atoms with Gasteiger partial charge in [0.15, 0.2) is 0 Å². The quantitative estimate of drug-likeness (QED) is 0.916. The largest absolute Gasteiger partial charge is 0.283 e. The van der Waals surface area contributed by atoms with Gasteiger partial charge in [-0.15, -0.1) is 0 Å². The zero-order valence-corrected chi connectivity index (χ0v) is 12.2. The number of rotatable bonds is 3. The summed E-state index contributed by atoms with van der Waals surface area (Å²) in [5, 5.41) is -0.349. The lowest BCUT2D eigenvalue weighted by molar-refractivity contribution is 0.486. The van der Waals surface area contributed by atoms with Crippen molar-refractivity contribution >= 4 is 31.6 Å².